The smallest absolute Gasteiger partial charge is 0 e. The summed E-state index contributed by atoms with van der Waals surface area (Å²) in [6.07, 6.45) is 0. The number of hydrogen-bond acceptors (Lipinski definition) is 0. The molecule has 0 aromatic heterocycles. The molecule has 0 atom stereocenters. The number of rotatable bonds is 0. The van der Waals surface area contributed by atoms with Gasteiger partial charge < -0.3 is 0 Å². The van der Waals surface area contributed by atoms with Gasteiger partial charge in [-0.3, -0.25) is 0 Å². The normalized spacial score (nSPS) is 0. The van der Waals surface area contributed by atoms with Crippen LogP contribution in [0.5, 0.6) is 0 Å². The summed E-state index contributed by atoms with van der Waals surface area (Å²) >= 11 is 0. The summed E-state index contributed by atoms with van der Waals surface area (Å²) < 4.78 is 0. The van der Waals surface area contributed by atoms with Crippen LogP contribution in [0.2, 0.25) is 0 Å². The van der Waals surface area contributed by atoms with Crippen molar-refractivity contribution >= 4 is 0 Å². The molecule has 0 amide bonds. The molecule has 0 rings (SSSR count). The summed E-state index contributed by atoms with van der Waals surface area (Å²) in [5.41, 5.74) is 0. The molecule has 5 heteroatoms. The van der Waals surface area contributed by atoms with Crippen LogP contribution in [-0.4, -0.2) is 0 Å². The van der Waals surface area contributed by atoms with E-state index in [2.05, 4.69) is 0 Å². The van der Waals surface area contributed by atoms with Gasteiger partial charge in [-0.25, -0.2) is 0 Å². The van der Waals surface area contributed by atoms with Crippen molar-refractivity contribution in [2.24, 2.45) is 0 Å². The average Bonchev–Trinajstić information content (AvgIpc) is 0. The van der Waals surface area contributed by atoms with Gasteiger partial charge in [-0.05, 0) is 0 Å². The van der Waals surface area contributed by atoms with Crippen molar-refractivity contribution in [3.8, 4) is 0 Å². The van der Waals surface area contributed by atoms with Crippen LogP contribution < -0.4 is 0 Å². The number of hydrogen-bond donors (Lipinski definition) is 0. The van der Waals surface area contributed by atoms with Crippen molar-refractivity contribution in [1.82, 2.24) is 0 Å². The first-order valence-corrected chi connectivity index (χ1v) is 0. The second kappa shape index (κ2) is 27.2. The molecule has 0 aliphatic carbocycles. The van der Waals surface area contributed by atoms with Gasteiger partial charge in [-0.2, -0.15) is 0 Å². The van der Waals surface area contributed by atoms with Crippen LogP contribution in [-0.2, 0) is 99.1 Å². The van der Waals surface area contributed by atoms with Crippen molar-refractivity contribution in [3.63, 3.8) is 0 Å². The summed E-state index contributed by atoms with van der Waals surface area (Å²) in [6.45, 7) is 0. The maximum Gasteiger partial charge on any atom is 0 e. The molecule has 0 aliphatic rings. The maximum atomic E-state index is 0. The zero-order valence-corrected chi connectivity index (χ0v) is 9.32. The van der Waals surface area contributed by atoms with Gasteiger partial charge in [-0.1, -0.05) is 0 Å². The van der Waals surface area contributed by atoms with Crippen LogP contribution in [0.3, 0.4) is 0 Å². The second-order valence-corrected chi connectivity index (χ2v) is 0. The first kappa shape index (κ1) is 41.9. The van der Waals surface area contributed by atoms with Crippen LogP contribution in [0.1, 0.15) is 0 Å². The van der Waals surface area contributed by atoms with E-state index in [9.17, 15) is 0 Å². The maximum absolute atomic E-state index is 0. The molecule has 0 nitrogen and oxygen atoms in total. The Morgan fingerprint density at radius 2 is 1.00 bits per heavy atom. The fraction of sp³-hybridized carbons (Fsp3) is 0. The third kappa shape index (κ3) is 19.1. The van der Waals surface area contributed by atoms with E-state index in [-0.39, 0.29) is 99.1 Å². The van der Waals surface area contributed by atoms with E-state index in [1.807, 2.05) is 0 Å². The Morgan fingerprint density at radius 3 is 1.00 bits per heavy atom. The quantitative estimate of drug-likeness (QED) is 0.552. The van der Waals surface area contributed by atoms with Crippen LogP contribution >= 0.6 is 0 Å². The average molecular weight is 314 g/mol. The van der Waals surface area contributed by atoms with E-state index < -0.39 is 0 Å². The van der Waals surface area contributed by atoms with Crippen LogP contribution in [0.4, 0.5) is 0 Å². The van der Waals surface area contributed by atoms with Crippen molar-refractivity contribution in [3.05, 3.63) is 0 Å². The van der Waals surface area contributed by atoms with Crippen molar-refractivity contribution in [2.75, 3.05) is 0 Å². The molecule has 2 radical (unpaired) electrons. The van der Waals surface area contributed by atoms with Crippen LogP contribution in [0.15, 0.2) is 0 Å². The molecule has 34 valence electrons. The van der Waals surface area contributed by atoms with E-state index >= 15 is 0 Å². The largest absolute Gasteiger partial charge is 0 e. The van der Waals surface area contributed by atoms with E-state index in [0.717, 1.165) is 0 Å². The van der Waals surface area contributed by atoms with Gasteiger partial charge in [-0.15, -0.1) is 0 Å². The first-order chi connectivity index (χ1) is 0. The van der Waals surface area contributed by atoms with Gasteiger partial charge in [0, 0.05) is 99.1 Å². The molecule has 0 unspecified atom stereocenters. The fourth-order valence-corrected chi connectivity index (χ4v) is 0. The molecule has 0 aromatic carbocycles. The van der Waals surface area contributed by atoms with Gasteiger partial charge in [0.05, 0.1) is 0 Å². The summed E-state index contributed by atoms with van der Waals surface area (Å²) in [5, 5.41) is 0. The van der Waals surface area contributed by atoms with Gasteiger partial charge in [0.1, 0.15) is 0 Å². The summed E-state index contributed by atoms with van der Waals surface area (Å²) in [4.78, 5) is 0. The monoisotopic (exact) mass is 312 g/mol. The molecule has 0 aromatic rings. The van der Waals surface area contributed by atoms with E-state index in [1.54, 1.807) is 0 Å². The van der Waals surface area contributed by atoms with Gasteiger partial charge >= 0.3 is 0 Å². The van der Waals surface area contributed by atoms with Crippen molar-refractivity contribution in [2.45, 2.75) is 0 Å². The minimum atomic E-state index is 0. The molecule has 0 saturated heterocycles. The molecule has 0 fully saturated rings. The Balaban J connectivity index is 0. The molecular formula is CoCrCuTiZr. The predicted molar refractivity (Wildman–Crippen MR) is 0 cm³/mol. The molecule has 5 heavy (non-hydrogen) atoms. The standard InChI is InChI=1S/Co.Cr.Cu.Ti.Zr. The molecule has 0 spiro atoms. The molecule has 0 aliphatic heterocycles. The third-order valence-electron chi connectivity index (χ3n) is 0. The molecule has 0 saturated carbocycles. The summed E-state index contributed by atoms with van der Waals surface area (Å²) in [6, 6.07) is 0. The van der Waals surface area contributed by atoms with E-state index in [4.69, 9.17) is 0 Å². The van der Waals surface area contributed by atoms with Gasteiger partial charge in [0.25, 0.3) is 0 Å². The summed E-state index contributed by atoms with van der Waals surface area (Å²) in [7, 11) is 0. The third-order valence-corrected chi connectivity index (χ3v) is 0. The zero-order valence-electron chi connectivity index (χ0n) is 2.04. The van der Waals surface area contributed by atoms with Crippen LogP contribution in [0.25, 0.3) is 0 Å². The Morgan fingerprint density at radius 1 is 1.00 bits per heavy atom. The predicted octanol–water partition coefficient (Wildman–Crippen LogP) is -0.0125. The summed E-state index contributed by atoms with van der Waals surface area (Å²) in [5.74, 6) is 0. The molecule has 0 N–H and O–H groups in total. The van der Waals surface area contributed by atoms with Crippen LogP contribution in [0, 0.1) is 0 Å². The fourth-order valence-electron chi connectivity index (χ4n) is 0. The van der Waals surface area contributed by atoms with Crippen molar-refractivity contribution in [1.29, 1.82) is 0 Å². The van der Waals surface area contributed by atoms with Crippen molar-refractivity contribution < 1.29 is 99.1 Å². The molecule has 0 bridgehead atoms. The van der Waals surface area contributed by atoms with E-state index in [0.29, 0.717) is 0 Å². The Hall–Kier alpha value is 3.16. The minimum Gasteiger partial charge on any atom is 0 e. The molecular weight excluding hydrogens is 314 g/mol. The Labute approximate surface area is 97.4 Å². The zero-order chi connectivity index (χ0) is 0. The Bertz CT molecular complexity index is 11.6. The SMILES string of the molecule is [Co].[Cr].[Cu].[Ti].[Zr]. The second-order valence-electron chi connectivity index (χ2n) is 0. The first-order valence-electron chi connectivity index (χ1n) is 0. The molecule has 0 heterocycles. The van der Waals surface area contributed by atoms with E-state index in [1.165, 1.54) is 0 Å². The minimum absolute atomic E-state index is 0. The van der Waals surface area contributed by atoms with Gasteiger partial charge in [0.15, 0.2) is 0 Å². The topological polar surface area (TPSA) is 0 Å². The Kier molecular flexibility index (Phi) is 228. The van der Waals surface area contributed by atoms with Gasteiger partial charge in [0.2, 0.25) is 0 Å².